The molecule has 7 heteroatoms. The molecular weight excluding hydrogens is 404 g/mol. The van der Waals surface area contributed by atoms with Crippen LogP contribution in [0.15, 0.2) is 36.4 Å². The number of rotatable bonds is 10. The summed E-state index contributed by atoms with van der Waals surface area (Å²) in [5.41, 5.74) is 2.20. The molecule has 3 N–H and O–H groups in total. The maximum Gasteiger partial charge on any atom is 0.313 e. The predicted molar refractivity (Wildman–Crippen MR) is 120 cm³/mol. The fourth-order valence-electron chi connectivity index (χ4n) is 2.67. The molecule has 164 valence electrons. The lowest BCUT2D eigenvalue weighted by molar-refractivity contribution is -0.137. The van der Waals surface area contributed by atoms with Crippen molar-refractivity contribution in [3.05, 3.63) is 52.5 Å². The van der Waals surface area contributed by atoms with Gasteiger partial charge in [-0.1, -0.05) is 51.4 Å². The maximum absolute atomic E-state index is 12.2. The van der Waals surface area contributed by atoms with Crippen LogP contribution in [0.1, 0.15) is 44.9 Å². The Morgan fingerprint density at radius 1 is 1.13 bits per heavy atom. The number of nitrogens with one attached hydrogen (secondary N) is 2. The Bertz CT molecular complexity index is 838. The van der Waals surface area contributed by atoms with E-state index < -0.39 is 6.10 Å². The lowest BCUT2D eigenvalue weighted by atomic mass is 10.1. The molecule has 0 saturated carbocycles. The molecule has 0 aromatic heterocycles. The second-order valence-corrected chi connectivity index (χ2v) is 8.14. The molecule has 2 rings (SSSR count). The zero-order chi connectivity index (χ0) is 22.3. The van der Waals surface area contributed by atoms with Crippen LogP contribution in [0.4, 0.5) is 5.69 Å². The van der Waals surface area contributed by atoms with Crippen molar-refractivity contribution >= 4 is 23.3 Å². The van der Waals surface area contributed by atoms with Gasteiger partial charge in [0.25, 0.3) is 0 Å². The summed E-state index contributed by atoms with van der Waals surface area (Å²) in [5.74, 6) is 0.364. The van der Waals surface area contributed by atoms with E-state index in [1.54, 1.807) is 33.1 Å². The number of aliphatic hydroxyl groups excluding tert-OH is 1. The summed E-state index contributed by atoms with van der Waals surface area (Å²) in [6.07, 6.45) is -0.749. The number of esters is 1. The summed E-state index contributed by atoms with van der Waals surface area (Å²) >= 11 is 6.45. The van der Waals surface area contributed by atoms with Gasteiger partial charge in [0.2, 0.25) is 0 Å². The van der Waals surface area contributed by atoms with Gasteiger partial charge in [-0.05, 0) is 35.4 Å². The monoisotopic (exact) mass is 434 g/mol. The molecule has 1 atom stereocenters. The Labute approximate surface area is 183 Å². The topological polar surface area (TPSA) is 79.8 Å². The second kappa shape index (κ2) is 11.2. The number of hydrogen-bond acceptors (Lipinski definition) is 6. The molecule has 0 heterocycles. The van der Waals surface area contributed by atoms with Gasteiger partial charge in [-0.25, -0.2) is 0 Å². The maximum atomic E-state index is 12.2. The highest BCUT2D eigenvalue weighted by Crippen LogP contribution is 2.37. The summed E-state index contributed by atoms with van der Waals surface area (Å²) in [6.45, 7) is 8.41. The Morgan fingerprint density at radius 3 is 2.37 bits per heavy atom. The Kier molecular flexibility index (Phi) is 8.96. The molecular formula is C23H31ClN2O4. The van der Waals surface area contributed by atoms with E-state index in [-0.39, 0.29) is 28.7 Å². The van der Waals surface area contributed by atoms with Crippen molar-refractivity contribution in [1.29, 1.82) is 0 Å². The average Bonchev–Trinajstić information content (AvgIpc) is 2.72. The van der Waals surface area contributed by atoms with Crippen molar-refractivity contribution in [2.75, 3.05) is 19.0 Å². The van der Waals surface area contributed by atoms with Crippen LogP contribution >= 0.6 is 11.6 Å². The number of carbonyl (C=O) groups excluding carboxylic acids is 1. The molecule has 0 spiro atoms. The second-order valence-electron chi connectivity index (χ2n) is 7.74. The summed E-state index contributed by atoms with van der Waals surface area (Å²) in [6, 6.07) is 11.3. The zero-order valence-electron chi connectivity index (χ0n) is 18.2. The molecule has 2 aromatic rings. The molecule has 0 amide bonds. The number of aliphatic hydroxyl groups is 1. The third kappa shape index (κ3) is 6.90. The molecule has 0 bridgehead atoms. The van der Waals surface area contributed by atoms with E-state index in [4.69, 9.17) is 21.1 Å². The normalized spacial score (nSPS) is 12.2. The van der Waals surface area contributed by atoms with Crippen molar-refractivity contribution in [2.45, 2.75) is 46.4 Å². The minimum absolute atomic E-state index is 0.244. The standard InChI is InChI=1S/C23H31ClN2O4/c1-14(2)23(28)30-22-19(24)10-17(21(27)13-25-15(3)4)11-20(22)26-12-16-6-8-18(29-5)9-7-16/h6-11,14-15,21,25-27H,12-13H2,1-5H3. The van der Waals surface area contributed by atoms with Gasteiger partial charge in [0, 0.05) is 19.1 Å². The van der Waals surface area contributed by atoms with Gasteiger partial charge in [-0.15, -0.1) is 0 Å². The molecule has 6 nitrogen and oxygen atoms in total. The van der Waals surface area contributed by atoms with Crippen molar-refractivity contribution in [3.8, 4) is 11.5 Å². The molecule has 0 aliphatic rings. The fourth-order valence-corrected chi connectivity index (χ4v) is 2.93. The molecule has 1 unspecified atom stereocenters. The number of benzene rings is 2. The average molecular weight is 435 g/mol. The highest BCUT2D eigenvalue weighted by Gasteiger charge is 2.20. The Morgan fingerprint density at radius 2 is 1.80 bits per heavy atom. The first-order valence-electron chi connectivity index (χ1n) is 10.0. The molecule has 2 aromatic carbocycles. The van der Waals surface area contributed by atoms with E-state index >= 15 is 0 Å². The largest absolute Gasteiger partial charge is 0.497 e. The number of carbonyl (C=O) groups is 1. The summed E-state index contributed by atoms with van der Waals surface area (Å²) in [5, 5.41) is 17.3. The van der Waals surface area contributed by atoms with Crippen LogP contribution in [0, 0.1) is 5.92 Å². The van der Waals surface area contributed by atoms with Gasteiger partial charge >= 0.3 is 5.97 Å². The van der Waals surface area contributed by atoms with E-state index in [0.717, 1.165) is 11.3 Å². The van der Waals surface area contributed by atoms with Crippen LogP contribution in [0.2, 0.25) is 5.02 Å². The Balaban J connectivity index is 2.29. The van der Waals surface area contributed by atoms with Crippen molar-refractivity contribution in [2.24, 2.45) is 5.92 Å². The first-order valence-corrected chi connectivity index (χ1v) is 10.4. The third-order valence-electron chi connectivity index (χ3n) is 4.49. The van der Waals surface area contributed by atoms with Crippen LogP contribution in [0.25, 0.3) is 0 Å². The highest BCUT2D eigenvalue weighted by atomic mass is 35.5. The van der Waals surface area contributed by atoms with Crippen molar-refractivity contribution < 1.29 is 19.4 Å². The number of hydrogen-bond donors (Lipinski definition) is 3. The van der Waals surface area contributed by atoms with Gasteiger partial charge < -0.3 is 25.2 Å². The van der Waals surface area contributed by atoms with Crippen molar-refractivity contribution in [3.63, 3.8) is 0 Å². The number of ether oxygens (including phenoxy) is 2. The van der Waals surface area contributed by atoms with Gasteiger partial charge in [0.15, 0.2) is 5.75 Å². The first kappa shape index (κ1) is 24.0. The van der Waals surface area contributed by atoms with E-state index in [1.165, 1.54) is 0 Å². The van der Waals surface area contributed by atoms with Gasteiger partial charge in [-0.2, -0.15) is 0 Å². The Hall–Kier alpha value is -2.28. The lowest BCUT2D eigenvalue weighted by Crippen LogP contribution is -2.28. The van der Waals surface area contributed by atoms with E-state index in [9.17, 15) is 9.90 Å². The predicted octanol–water partition coefficient (Wildman–Crippen LogP) is 4.55. The van der Waals surface area contributed by atoms with E-state index in [2.05, 4.69) is 10.6 Å². The minimum Gasteiger partial charge on any atom is -0.497 e. The first-order chi connectivity index (χ1) is 14.2. The molecule has 0 saturated heterocycles. The van der Waals surface area contributed by atoms with Crippen molar-refractivity contribution in [1.82, 2.24) is 5.32 Å². The van der Waals surface area contributed by atoms with Crippen LogP contribution in [0.5, 0.6) is 11.5 Å². The molecule has 0 aliphatic heterocycles. The SMILES string of the molecule is COc1ccc(CNc2cc(C(O)CNC(C)C)cc(Cl)c2OC(=O)C(C)C)cc1. The fraction of sp³-hybridized carbons (Fsp3) is 0.435. The van der Waals surface area contributed by atoms with Gasteiger partial charge in [-0.3, -0.25) is 4.79 Å². The molecule has 0 fully saturated rings. The number of anilines is 1. The number of methoxy groups -OCH3 is 1. The van der Waals surface area contributed by atoms with E-state index in [1.807, 2.05) is 38.1 Å². The molecule has 0 radical (unpaired) electrons. The van der Waals surface area contributed by atoms with Crippen LogP contribution < -0.4 is 20.1 Å². The zero-order valence-corrected chi connectivity index (χ0v) is 18.9. The lowest BCUT2D eigenvalue weighted by Gasteiger charge is -2.19. The van der Waals surface area contributed by atoms with E-state index in [0.29, 0.717) is 24.3 Å². The van der Waals surface area contributed by atoms with Crippen LogP contribution in [0.3, 0.4) is 0 Å². The minimum atomic E-state index is -0.749. The highest BCUT2D eigenvalue weighted by molar-refractivity contribution is 6.32. The molecule has 0 aliphatic carbocycles. The van der Waals surface area contributed by atoms with Crippen LogP contribution in [-0.4, -0.2) is 30.8 Å². The quantitative estimate of drug-likeness (QED) is 0.376. The van der Waals surface area contributed by atoms with Gasteiger partial charge in [0.1, 0.15) is 5.75 Å². The summed E-state index contributed by atoms with van der Waals surface area (Å²) < 4.78 is 10.7. The van der Waals surface area contributed by atoms with Crippen LogP contribution in [-0.2, 0) is 11.3 Å². The number of halogens is 1. The smallest absolute Gasteiger partial charge is 0.313 e. The summed E-state index contributed by atoms with van der Waals surface area (Å²) in [4.78, 5) is 12.2. The third-order valence-corrected chi connectivity index (χ3v) is 4.77. The summed E-state index contributed by atoms with van der Waals surface area (Å²) in [7, 11) is 1.62. The molecule has 30 heavy (non-hydrogen) atoms. The van der Waals surface area contributed by atoms with Gasteiger partial charge in [0.05, 0.1) is 29.8 Å².